The Balaban J connectivity index is 1.89. The van der Waals surface area contributed by atoms with Crippen LogP contribution in [0.5, 0.6) is 0 Å². The fraction of sp³-hybridized carbons (Fsp3) is 0.444. The number of amides is 3. The van der Waals surface area contributed by atoms with E-state index in [2.05, 4.69) is 0 Å². The van der Waals surface area contributed by atoms with Gasteiger partial charge in [-0.2, -0.15) is 0 Å². The lowest BCUT2D eigenvalue weighted by atomic mass is 9.94. The van der Waals surface area contributed by atoms with E-state index in [9.17, 15) is 24.3 Å². The quantitative estimate of drug-likeness (QED) is 0.720. The second-order valence-electron chi connectivity index (χ2n) is 7.16. The van der Waals surface area contributed by atoms with Crippen molar-refractivity contribution in [3.63, 3.8) is 0 Å². The molecule has 27 heavy (non-hydrogen) atoms. The molecule has 2 saturated heterocycles. The zero-order valence-electron chi connectivity index (χ0n) is 15.2. The third-order valence-electron chi connectivity index (χ3n) is 4.93. The van der Waals surface area contributed by atoms with Crippen LogP contribution in [-0.2, 0) is 19.2 Å². The predicted molar refractivity (Wildman–Crippen MR) is 98.4 cm³/mol. The third kappa shape index (κ3) is 3.00. The first-order chi connectivity index (χ1) is 12.6. The number of aliphatic carboxylic acids is 1. The van der Waals surface area contributed by atoms with Gasteiger partial charge in [-0.25, -0.2) is 4.79 Å². The van der Waals surface area contributed by atoms with Gasteiger partial charge in [0.15, 0.2) is 0 Å². The van der Waals surface area contributed by atoms with Gasteiger partial charge in [-0.1, -0.05) is 30.3 Å². The molecule has 0 saturated carbocycles. The number of nitrogens with two attached hydrogens (primary N) is 1. The molecule has 9 heteroatoms. The van der Waals surface area contributed by atoms with Crippen molar-refractivity contribution in [2.45, 2.75) is 49.0 Å². The van der Waals surface area contributed by atoms with Crippen LogP contribution in [0.25, 0.3) is 0 Å². The second kappa shape index (κ2) is 6.65. The molecule has 3 amide bonds. The number of thioether (sulfide) groups is 1. The first kappa shape index (κ1) is 19.4. The third-order valence-corrected chi connectivity index (χ3v) is 6.48. The number of carboxylic acids is 1. The molecule has 3 rings (SSSR count). The number of rotatable bonds is 4. The van der Waals surface area contributed by atoms with Crippen molar-refractivity contribution in [3.8, 4) is 0 Å². The Morgan fingerprint density at radius 1 is 1.26 bits per heavy atom. The maximum Gasteiger partial charge on any atom is 0.327 e. The topological polar surface area (TPSA) is 121 Å². The minimum Gasteiger partial charge on any atom is -0.480 e. The summed E-state index contributed by atoms with van der Waals surface area (Å²) in [6.45, 7) is 4.66. The van der Waals surface area contributed by atoms with Crippen LogP contribution in [-0.4, -0.2) is 60.8 Å². The number of benzene rings is 1. The fourth-order valence-electron chi connectivity index (χ4n) is 3.67. The lowest BCUT2D eigenvalue weighted by molar-refractivity contribution is -0.172. The highest BCUT2D eigenvalue weighted by molar-refractivity contribution is 8.01. The molecule has 1 aromatic rings. The van der Waals surface area contributed by atoms with E-state index in [1.165, 1.54) is 23.6 Å². The number of β-lactam (4-membered cyclic amide) rings is 1. The number of hydrogen-bond donors (Lipinski definition) is 2. The van der Waals surface area contributed by atoms with E-state index in [0.717, 1.165) is 4.90 Å². The summed E-state index contributed by atoms with van der Waals surface area (Å²) < 4.78 is -0.742. The SMILES string of the molecule is CC(=O)N(C(=O)[C@H](N)c1ccccc1)[C@@H]1C(=O)N2[C@@H]1SC(C)(C)[C@@H]2C(=O)O. The molecule has 3 N–H and O–H groups in total. The maximum absolute atomic E-state index is 12.9. The van der Waals surface area contributed by atoms with Crippen LogP contribution >= 0.6 is 11.8 Å². The predicted octanol–water partition coefficient (Wildman–Crippen LogP) is 0.577. The smallest absolute Gasteiger partial charge is 0.327 e. The molecule has 2 fully saturated rings. The molecule has 8 nitrogen and oxygen atoms in total. The van der Waals surface area contributed by atoms with Crippen molar-refractivity contribution in [3.05, 3.63) is 35.9 Å². The molecule has 0 radical (unpaired) electrons. The van der Waals surface area contributed by atoms with Gasteiger partial charge in [-0.15, -0.1) is 11.8 Å². The molecule has 0 aromatic heterocycles. The van der Waals surface area contributed by atoms with Crippen molar-refractivity contribution in [2.24, 2.45) is 5.73 Å². The van der Waals surface area contributed by atoms with Crippen LogP contribution in [0.3, 0.4) is 0 Å². The highest BCUT2D eigenvalue weighted by Crippen LogP contribution is 2.52. The van der Waals surface area contributed by atoms with E-state index in [-0.39, 0.29) is 0 Å². The molecule has 2 aliphatic rings. The minimum absolute atomic E-state index is 0.528. The highest BCUT2D eigenvalue weighted by Gasteiger charge is 2.66. The van der Waals surface area contributed by atoms with Gasteiger partial charge in [-0.05, 0) is 19.4 Å². The molecule has 0 unspecified atom stereocenters. The largest absolute Gasteiger partial charge is 0.480 e. The van der Waals surface area contributed by atoms with Crippen LogP contribution in [0, 0.1) is 0 Å². The average Bonchev–Trinajstić information content (AvgIpc) is 2.86. The van der Waals surface area contributed by atoms with Crippen LogP contribution in [0.4, 0.5) is 0 Å². The van der Waals surface area contributed by atoms with E-state index in [0.29, 0.717) is 5.56 Å². The summed E-state index contributed by atoms with van der Waals surface area (Å²) in [7, 11) is 0. The second-order valence-corrected chi connectivity index (χ2v) is 8.93. The van der Waals surface area contributed by atoms with Gasteiger partial charge in [0.2, 0.25) is 5.91 Å². The van der Waals surface area contributed by atoms with Gasteiger partial charge < -0.3 is 15.7 Å². The Hall–Kier alpha value is -2.39. The van der Waals surface area contributed by atoms with Gasteiger partial charge >= 0.3 is 5.97 Å². The van der Waals surface area contributed by atoms with E-state index in [1.807, 2.05) is 0 Å². The first-order valence-corrected chi connectivity index (χ1v) is 9.33. The summed E-state index contributed by atoms with van der Waals surface area (Å²) >= 11 is 1.27. The molecular weight excluding hydrogens is 370 g/mol. The molecular formula is C18H21N3O5S. The Morgan fingerprint density at radius 2 is 1.85 bits per heavy atom. The summed E-state index contributed by atoms with van der Waals surface area (Å²) in [5, 5.41) is 8.90. The van der Waals surface area contributed by atoms with Crippen molar-refractivity contribution in [1.29, 1.82) is 0 Å². The summed E-state index contributed by atoms with van der Waals surface area (Å²) in [6, 6.07) is 5.42. The number of carboxylic acid groups (broad SMARTS) is 1. The molecule has 2 heterocycles. The Bertz CT molecular complexity index is 812. The zero-order valence-corrected chi connectivity index (χ0v) is 16.0. The van der Waals surface area contributed by atoms with Gasteiger partial charge in [-0.3, -0.25) is 19.3 Å². The van der Waals surface area contributed by atoms with Crippen molar-refractivity contribution in [1.82, 2.24) is 9.80 Å². The summed E-state index contributed by atoms with van der Waals surface area (Å²) in [5.74, 6) is -2.93. The van der Waals surface area contributed by atoms with Crippen LogP contribution in [0.15, 0.2) is 30.3 Å². The molecule has 4 atom stereocenters. The molecule has 0 aliphatic carbocycles. The molecule has 1 aromatic carbocycles. The van der Waals surface area contributed by atoms with Crippen molar-refractivity contribution in [2.75, 3.05) is 0 Å². The van der Waals surface area contributed by atoms with E-state index in [4.69, 9.17) is 5.73 Å². The monoisotopic (exact) mass is 391 g/mol. The standard InChI is InChI=1S/C18H21N3O5S/c1-9(22)20(14(23)11(19)10-7-5-4-6-8-10)12-15(24)21-13(17(25)26)18(2,3)27-16(12)21/h4-8,11-13,16H,19H2,1-3H3,(H,25,26)/t11-,12-,13+,16-/m1/s1. The first-order valence-electron chi connectivity index (χ1n) is 8.45. The summed E-state index contributed by atoms with van der Waals surface area (Å²) in [5.41, 5.74) is 6.56. The van der Waals surface area contributed by atoms with Crippen LogP contribution < -0.4 is 5.73 Å². The van der Waals surface area contributed by atoms with Gasteiger partial charge in [0.05, 0.1) is 0 Å². The van der Waals surface area contributed by atoms with E-state index in [1.54, 1.807) is 44.2 Å². The molecule has 0 spiro atoms. The minimum atomic E-state index is -1.11. The Morgan fingerprint density at radius 3 is 2.37 bits per heavy atom. The van der Waals surface area contributed by atoms with Gasteiger partial charge in [0.25, 0.3) is 11.8 Å². The molecule has 144 valence electrons. The number of nitrogens with zero attached hydrogens (tertiary/aromatic N) is 2. The average molecular weight is 391 g/mol. The normalized spacial score (nSPS) is 26.7. The van der Waals surface area contributed by atoms with Crippen molar-refractivity contribution >= 4 is 35.5 Å². The highest BCUT2D eigenvalue weighted by atomic mass is 32.2. The number of carbonyl (C=O) groups excluding carboxylic acids is 3. The van der Waals surface area contributed by atoms with E-state index >= 15 is 0 Å². The lowest BCUT2D eigenvalue weighted by Crippen LogP contribution is -2.72. The zero-order chi connectivity index (χ0) is 20.1. The molecule has 0 bridgehead atoms. The van der Waals surface area contributed by atoms with Crippen LogP contribution in [0.2, 0.25) is 0 Å². The fourth-order valence-corrected chi connectivity index (χ4v) is 5.34. The molecule has 2 aliphatic heterocycles. The van der Waals surface area contributed by atoms with E-state index < -0.39 is 51.9 Å². The van der Waals surface area contributed by atoms with Crippen molar-refractivity contribution < 1.29 is 24.3 Å². The number of carbonyl (C=O) groups is 4. The van der Waals surface area contributed by atoms with Gasteiger partial charge in [0.1, 0.15) is 23.5 Å². The Labute approximate surface area is 160 Å². The number of hydrogen-bond acceptors (Lipinski definition) is 6. The van der Waals surface area contributed by atoms with Gasteiger partial charge in [0, 0.05) is 11.7 Å². The number of imide groups is 1. The lowest BCUT2D eigenvalue weighted by Gasteiger charge is -2.47. The summed E-state index contributed by atoms with van der Waals surface area (Å²) in [6.07, 6.45) is 0. The summed E-state index contributed by atoms with van der Waals surface area (Å²) in [4.78, 5) is 51.6. The Kier molecular flexibility index (Phi) is 4.77. The maximum atomic E-state index is 12.9. The van der Waals surface area contributed by atoms with Crippen LogP contribution in [0.1, 0.15) is 32.4 Å². The number of fused-ring (bicyclic) bond motifs is 1.